The van der Waals surface area contributed by atoms with E-state index in [2.05, 4.69) is 56.9 Å². The molecule has 3 aliphatic rings. The predicted molar refractivity (Wildman–Crippen MR) is 85.3 cm³/mol. The second kappa shape index (κ2) is 5.09. The van der Waals surface area contributed by atoms with Gasteiger partial charge in [0.25, 0.3) is 0 Å². The number of thioether (sulfide) groups is 1. The van der Waals surface area contributed by atoms with E-state index >= 15 is 0 Å². The zero-order chi connectivity index (χ0) is 12.8. The van der Waals surface area contributed by atoms with E-state index in [9.17, 15) is 0 Å². The van der Waals surface area contributed by atoms with Crippen molar-refractivity contribution in [2.24, 2.45) is 0 Å². The van der Waals surface area contributed by atoms with Crippen molar-refractivity contribution in [3.05, 3.63) is 29.8 Å². The molecule has 0 spiro atoms. The lowest BCUT2D eigenvalue weighted by Gasteiger charge is -2.38. The summed E-state index contributed by atoms with van der Waals surface area (Å²) in [5, 5.41) is 0.785. The topological polar surface area (TPSA) is 3.24 Å². The lowest BCUT2D eigenvalue weighted by molar-refractivity contribution is 0.146. The molecule has 3 aliphatic heterocycles. The van der Waals surface area contributed by atoms with Crippen molar-refractivity contribution in [3.8, 4) is 0 Å². The molecule has 1 aromatic carbocycles. The van der Waals surface area contributed by atoms with Gasteiger partial charge in [-0.1, -0.05) is 34.1 Å². The molecule has 0 N–H and O–H groups in total. The molecule has 3 unspecified atom stereocenters. The van der Waals surface area contributed by atoms with Gasteiger partial charge in [-0.25, -0.2) is 0 Å². The molecule has 2 bridgehead atoms. The molecular weight excluding hydrogens is 318 g/mol. The summed E-state index contributed by atoms with van der Waals surface area (Å²) in [7, 11) is 0. The Bertz CT molecular complexity index is 439. The molecule has 102 valence electrons. The first-order valence-electron chi connectivity index (χ1n) is 7.44. The van der Waals surface area contributed by atoms with Crippen LogP contribution in [-0.2, 0) is 6.42 Å². The number of hydrogen-bond donors (Lipinski definition) is 0. The Morgan fingerprint density at radius 3 is 2.63 bits per heavy atom. The summed E-state index contributed by atoms with van der Waals surface area (Å²) in [6.07, 6.45) is 6.85. The highest BCUT2D eigenvalue weighted by molar-refractivity contribution is 9.09. The maximum atomic E-state index is 3.84. The maximum absolute atomic E-state index is 3.84. The van der Waals surface area contributed by atoms with E-state index in [-0.39, 0.29) is 0 Å². The first-order chi connectivity index (χ1) is 9.29. The van der Waals surface area contributed by atoms with E-state index in [0.29, 0.717) is 0 Å². The van der Waals surface area contributed by atoms with Crippen molar-refractivity contribution in [2.45, 2.75) is 59.2 Å². The third-order valence-corrected chi connectivity index (χ3v) is 7.00. The lowest BCUT2D eigenvalue weighted by Crippen LogP contribution is -2.46. The number of benzene rings is 1. The third-order valence-electron chi connectivity index (χ3n) is 4.96. The Labute approximate surface area is 128 Å². The van der Waals surface area contributed by atoms with Crippen LogP contribution in [0.15, 0.2) is 29.2 Å². The van der Waals surface area contributed by atoms with Gasteiger partial charge in [0, 0.05) is 33.6 Å². The van der Waals surface area contributed by atoms with E-state index in [4.69, 9.17) is 0 Å². The highest BCUT2D eigenvalue weighted by atomic mass is 79.9. The molecule has 2 fully saturated rings. The SMILES string of the molecule is BrC1CC2CCC(C1)N2CC1Cc2ccccc2S1. The fourth-order valence-corrected chi connectivity index (χ4v) is 6.29. The van der Waals surface area contributed by atoms with Crippen LogP contribution in [0.5, 0.6) is 0 Å². The zero-order valence-electron chi connectivity index (χ0n) is 11.1. The average molecular weight is 338 g/mol. The minimum atomic E-state index is 0.773. The Hall–Kier alpha value is 0.01000. The summed E-state index contributed by atoms with van der Waals surface area (Å²) in [4.78, 5) is 5.13. The van der Waals surface area contributed by atoms with Gasteiger partial charge in [0.2, 0.25) is 0 Å². The van der Waals surface area contributed by atoms with Crippen molar-refractivity contribution < 1.29 is 0 Å². The van der Waals surface area contributed by atoms with Crippen molar-refractivity contribution in [3.63, 3.8) is 0 Å². The Kier molecular flexibility index (Phi) is 3.41. The molecule has 2 saturated heterocycles. The second-order valence-corrected chi connectivity index (χ2v) is 8.84. The summed E-state index contributed by atoms with van der Waals surface area (Å²) in [6.45, 7) is 1.30. The monoisotopic (exact) mass is 337 g/mol. The van der Waals surface area contributed by atoms with Crippen LogP contribution in [0.3, 0.4) is 0 Å². The van der Waals surface area contributed by atoms with Gasteiger partial charge in [-0.15, -0.1) is 11.8 Å². The first-order valence-corrected chi connectivity index (χ1v) is 9.23. The van der Waals surface area contributed by atoms with E-state index < -0.39 is 0 Å². The summed E-state index contributed by atoms with van der Waals surface area (Å²) in [6, 6.07) is 10.7. The standard InChI is InChI=1S/C16H20BrNS/c17-12-8-13-5-6-14(9-12)18(13)10-15-7-11-3-1-2-4-16(11)19-15/h1-4,12-15H,5-10H2. The van der Waals surface area contributed by atoms with Gasteiger partial charge in [0.05, 0.1) is 0 Å². The average Bonchev–Trinajstić information content (AvgIpc) is 2.90. The van der Waals surface area contributed by atoms with E-state index in [1.807, 2.05) is 0 Å². The van der Waals surface area contributed by atoms with Crippen molar-refractivity contribution >= 4 is 27.7 Å². The van der Waals surface area contributed by atoms with Gasteiger partial charge in [-0.2, -0.15) is 0 Å². The Balaban J connectivity index is 1.44. The number of hydrogen-bond acceptors (Lipinski definition) is 2. The highest BCUT2D eigenvalue weighted by Crippen LogP contribution is 2.42. The minimum absolute atomic E-state index is 0.773. The molecule has 1 nitrogen and oxygen atoms in total. The highest BCUT2D eigenvalue weighted by Gasteiger charge is 2.41. The quantitative estimate of drug-likeness (QED) is 0.747. The third kappa shape index (κ3) is 2.38. The molecular formula is C16H20BrNS. The molecule has 0 radical (unpaired) electrons. The van der Waals surface area contributed by atoms with Gasteiger partial charge < -0.3 is 0 Å². The van der Waals surface area contributed by atoms with Crippen LogP contribution in [-0.4, -0.2) is 33.6 Å². The van der Waals surface area contributed by atoms with E-state index in [1.54, 1.807) is 5.56 Å². The van der Waals surface area contributed by atoms with Crippen LogP contribution in [0.1, 0.15) is 31.2 Å². The van der Waals surface area contributed by atoms with Gasteiger partial charge in [0.15, 0.2) is 0 Å². The molecule has 3 heterocycles. The fourth-order valence-electron chi connectivity index (χ4n) is 4.10. The molecule has 3 heteroatoms. The number of piperidine rings is 1. The Morgan fingerprint density at radius 1 is 1.16 bits per heavy atom. The molecule has 4 rings (SSSR count). The summed E-state index contributed by atoms with van der Waals surface area (Å²) in [5.41, 5.74) is 1.57. The van der Waals surface area contributed by atoms with Crippen molar-refractivity contribution in [1.82, 2.24) is 4.90 Å². The largest absolute Gasteiger partial charge is 0.296 e. The number of nitrogens with zero attached hydrogens (tertiary/aromatic N) is 1. The minimum Gasteiger partial charge on any atom is -0.296 e. The van der Waals surface area contributed by atoms with Crippen LogP contribution in [0.4, 0.5) is 0 Å². The molecule has 0 saturated carbocycles. The van der Waals surface area contributed by atoms with Gasteiger partial charge in [-0.05, 0) is 43.7 Å². The van der Waals surface area contributed by atoms with Crippen LogP contribution in [0, 0.1) is 0 Å². The van der Waals surface area contributed by atoms with Crippen LogP contribution in [0.25, 0.3) is 0 Å². The number of alkyl halides is 1. The zero-order valence-corrected chi connectivity index (χ0v) is 13.5. The number of halogens is 1. The molecule has 19 heavy (non-hydrogen) atoms. The van der Waals surface area contributed by atoms with Gasteiger partial charge in [-0.3, -0.25) is 4.90 Å². The van der Waals surface area contributed by atoms with E-state index in [1.165, 1.54) is 43.5 Å². The summed E-state index contributed by atoms with van der Waals surface area (Å²) >= 11 is 5.95. The first kappa shape index (κ1) is 12.7. The summed E-state index contributed by atoms with van der Waals surface area (Å²) in [5.74, 6) is 0. The molecule has 0 amide bonds. The number of rotatable bonds is 2. The van der Waals surface area contributed by atoms with Crippen LogP contribution >= 0.6 is 27.7 Å². The lowest BCUT2D eigenvalue weighted by atomic mass is 10.0. The Morgan fingerprint density at radius 2 is 1.89 bits per heavy atom. The van der Waals surface area contributed by atoms with Crippen LogP contribution < -0.4 is 0 Å². The predicted octanol–water partition coefficient (Wildman–Crippen LogP) is 4.09. The van der Waals surface area contributed by atoms with Crippen molar-refractivity contribution in [1.29, 1.82) is 0 Å². The molecule has 3 atom stereocenters. The molecule has 0 aromatic heterocycles. The van der Waals surface area contributed by atoms with Crippen molar-refractivity contribution in [2.75, 3.05) is 6.54 Å². The maximum Gasteiger partial charge on any atom is 0.0263 e. The molecule has 1 aromatic rings. The fraction of sp³-hybridized carbons (Fsp3) is 0.625. The number of fused-ring (bicyclic) bond motifs is 3. The second-order valence-electron chi connectivity index (χ2n) is 6.20. The van der Waals surface area contributed by atoms with Gasteiger partial charge in [0.1, 0.15) is 0 Å². The van der Waals surface area contributed by atoms with Gasteiger partial charge >= 0.3 is 0 Å². The normalized spacial score (nSPS) is 37.5. The smallest absolute Gasteiger partial charge is 0.0263 e. The molecule has 0 aliphatic carbocycles. The summed E-state index contributed by atoms with van der Waals surface area (Å²) < 4.78 is 0. The van der Waals surface area contributed by atoms with Crippen LogP contribution in [0.2, 0.25) is 0 Å². The van der Waals surface area contributed by atoms with E-state index in [0.717, 1.165) is 22.2 Å².